The van der Waals surface area contributed by atoms with Crippen LogP contribution in [0.1, 0.15) is 56.7 Å². The van der Waals surface area contributed by atoms with Gasteiger partial charge in [-0.3, -0.25) is 4.79 Å². The Morgan fingerprint density at radius 3 is 2.24 bits per heavy atom. The van der Waals surface area contributed by atoms with E-state index in [9.17, 15) is 13.2 Å². The Bertz CT molecular complexity index is 1080. The zero-order valence-corrected chi connectivity index (χ0v) is 21.4. The molecule has 2 saturated heterocycles. The predicted octanol–water partition coefficient (Wildman–Crippen LogP) is 4.51. The standard InChI is InChI=1S/C27H37N3O3S/c1-20-6-12-26(13-7-20)34(32,33)30-17-14-24(15-18-30)27(31)28-22(3)23-8-10-25(11-9-23)29-16-4-5-21(2)19-29/h6-13,21-22,24H,4-5,14-19H2,1-3H3,(H,28,31)/t21-,22-/m1/s1. The van der Waals surface area contributed by atoms with Crippen molar-refractivity contribution in [3.05, 3.63) is 59.7 Å². The normalized spacial score (nSPS) is 21.3. The fourth-order valence-corrected chi connectivity index (χ4v) is 6.50. The molecule has 34 heavy (non-hydrogen) atoms. The minimum absolute atomic E-state index is 0.00816. The summed E-state index contributed by atoms with van der Waals surface area (Å²) in [7, 11) is -3.51. The third kappa shape index (κ3) is 5.63. The third-order valence-electron chi connectivity index (χ3n) is 7.26. The number of anilines is 1. The second-order valence-corrected chi connectivity index (χ2v) is 11.9. The topological polar surface area (TPSA) is 69.7 Å². The first kappa shape index (κ1) is 24.7. The predicted molar refractivity (Wildman–Crippen MR) is 136 cm³/mol. The average Bonchev–Trinajstić information content (AvgIpc) is 2.84. The number of sulfonamides is 1. The molecule has 7 heteroatoms. The second-order valence-electron chi connectivity index (χ2n) is 10.0. The largest absolute Gasteiger partial charge is 0.371 e. The molecular weight excluding hydrogens is 446 g/mol. The van der Waals surface area contributed by atoms with Gasteiger partial charge in [0.1, 0.15) is 0 Å². The van der Waals surface area contributed by atoms with Gasteiger partial charge in [0.05, 0.1) is 10.9 Å². The SMILES string of the molecule is Cc1ccc(S(=O)(=O)N2CCC(C(=O)N[C@H](C)c3ccc(N4CCC[C@@H](C)C4)cc3)CC2)cc1. The number of aryl methyl sites for hydroxylation is 1. The van der Waals surface area contributed by atoms with Gasteiger partial charge < -0.3 is 10.2 Å². The summed E-state index contributed by atoms with van der Waals surface area (Å²) in [4.78, 5) is 15.7. The number of hydrogen-bond donors (Lipinski definition) is 1. The number of hydrogen-bond acceptors (Lipinski definition) is 4. The number of nitrogens with one attached hydrogen (secondary N) is 1. The maximum atomic E-state index is 12.9. The quantitative estimate of drug-likeness (QED) is 0.656. The highest BCUT2D eigenvalue weighted by Crippen LogP contribution is 2.27. The molecule has 6 nitrogen and oxygen atoms in total. The van der Waals surface area contributed by atoms with Gasteiger partial charge in [0.25, 0.3) is 0 Å². The van der Waals surface area contributed by atoms with Crippen molar-refractivity contribution < 1.29 is 13.2 Å². The Hall–Kier alpha value is -2.38. The summed E-state index contributed by atoms with van der Waals surface area (Å²) in [6.45, 7) is 9.19. The Labute approximate surface area is 204 Å². The van der Waals surface area contributed by atoms with E-state index in [4.69, 9.17) is 0 Å². The molecule has 2 aliphatic rings. The average molecular weight is 484 g/mol. The minimum Gasteiger partial charge on any atom is -0.371 e. The van der Waals surface area contributed by atoms with Gasteiger partial charge in [0.2, 0.25) is 15.9 Å². The van der Waals surface area contributed by atoms with Gasteiger partial charge in [0, 0.05) is 37.8 Å². The van der Waals surface area contributed by atoms with Crippen molar-refractivity contribution in [2.75, 3.05) is 31.1 Å². The lowest BCUT2D eigenvalue weighted by atomic mass is 9.96. The van der Waals surface area contributed by atoms with E-state index in [-0.39, 0.29) is 17.9 Å². The van der Waals surface area contributed by atoms with Crippen molar-refractivity contribution in [1.29, 1.82) is 0 Å². The van der Waals surface area contributed by atoms with Gasteiger partial charge in [0.15, 0.2) is 0 Å². The molecule has 2 fully saturated rings. The van der Waals surface area contributed by atoms with Crippen molar-refractivity contribution in [3.63, 3.8) is 0 Å². The molecule has 2 heterocycles. The van der Waals surface area contributed by atoms with Crippen LogP contribution in [0.15, 0.2) is 53.4 Å². The minimum atomic E-state index is -3.51. The maximum Gasteiger partial charge on any atom is 0.243 e. The molecule has 1 amide bonds. The molecule has 0 aliphatic carbocycles. The molecule has 2 aromatic carbocycles. The van der Waals surface area contributed by atoms with Crippen LogP contribution in [0.5, 0.6) is 0 Å². The first-order valence-corrected chi connectivity index (χ1v) is 13.9. The summed E-state index contributed by atoms with van der Waals surface area (Å²) in [6, 6.07) is 15.4. The summed E-state index contributed by atoms with van der Waals surface area (Å²) in [6.07, 6.45) is 3.61. The number of carbonyl (C=O) groups excluding carboxylic acids is 1. The van der Waals surface area contributed by atoms with E-state index in [1.54, 1.807) is 12.1 Å². The van der Waals surface area contributed by atoms with Crippen molar-refractivity contribution >= 4 is 21.6 Å². The highest BCUT2D eigenvalue weighted by molar-refractivity contribution is 7.89. The van der Waals surface area contributed by atoms with Gasteiger partial charge in [-0.05, 0) is 75.3 Å². The van der Waals surface area contributed by atoms with E-state index in [2.05, 4.69) is 41.4 Å². The van der Waals surface area contributed by atoms with Crippen LogP contribution in [0.4, 0.5) is 5.69 Å². The van der Waals surface area contributed by atoms with Crippen LogP contribution in [0.3, 0.4) is 0 Å². The molecule has 2 aromatic rings. The van der Waals surface area contributed by atoms with Gasteiger partial charge in [-0.25, -0.2) is 8.42 Å². The summed E-state index contributed by atoms with van der Waals surface area (Å²) in [5, 5.41) is 3.14. The lowest BCUT2D eigenvalue weighted by Crippen LogP contribution is -2.43. The molecule has 0 spiro atoms. The van der Waals surface area contributed by atoms with Gasteiger partial charge in [-0.2, -0.15) is 4.31 Å². The Kier molecular flexibility index (Phi) is 7.63. The number of rotatable bonds is 6. The Morgan fingerprint density at radius 2 is 1.62 bits per heavy atom. The molecule has 0 saturated carbocycles. The van der Waals surface area contributed by atoms with Crippen molar-refractivity contribution in [2.24, 2.45) is 11.8 Å². The van der Waals surface area contributed by atoms with Gasteiger partial charge in [-0.15, -0.1) is 0 Å². The van der Waals surface area contributed by atoms with Crippen LogP contribution in [-0.4, -0.2) is 44.8 Å². The van der Waals surface area contributed by atoms with E-state index >= 15 is 0 Å². The van der Waals surface area contributed by atoms with Gasteiger partial charge in [-0.1, -0.05) is 36.8 Å². The van der Waals surface area contributed by atoms with Crippen molar-refractivity contribution in [1.82, 2.24) is 9.62 Å². The molecule has 1 N–H and O–H groups in total. The second kappa shape index (κ2) is 10.5. The van der Waals surface area contributed by atoms with Crippen LogP contribution in [0, 0.1) is 18.8 Å². The van der Waals surface area contributed by atoms with Crippen LogP contribution in [0.25, 0.3) is 0 Å². The molecule has 0 aromatic heterocycles. The molecule has 184 valence electrons. The lowest BCUT2D eigenvalue weighted by Gasteiger charge is -2.33. The van der Waals surface area contributed by atoms with Gasteiger partial charge >= 0.3 is 0 Å². The fourth-order valence-electron chi connectivity index (χ4n) is 5.03. The number of benzene rings is 2. The fraction of sp³-hybridized carbons (Fsp3) is 0.519. The van der Waals surface area contributed by atoms with Crippen LogP contribution in [-0.2, 0) is 14.8 Å². The number of amides is 1. The molecule has 0 radical (unpaired) electrons. The highest BCUT2D eigenvalue weighted by atomic mass is 32.2. The van der Waals surface area contributed by atoms with Crippen LogP contribution < -0.4 is 10.2 Å². The molecule has 4 rings (SSSR count). The van der Waals surface area contributed by atoms with Crippen LogP contribution >= 0.6 is 0 Å². The van der Waals surface area contributed by atoms with Crippen molar-refractivity contribution in [3.8, 4) is 0 Å². The van der Waals surface area contributed by atoms with E-state index in [1.807, 2.05) is 26.0 Å². The number of nitrogens with zero attached hydrogens (tertiary/aromatic N) is 2. The van der Waals surface area contributed by atoms with E-state index < -0.39 is 10.0 Å². The number of piperidine rings is 2. The first-order chi connectivity index (χ1) is 16.2. The Morgan fingerprint density at radius 1 is 0.971 bits per heavy atom. The Balaban J connectivity index is 1.30. The van der Waals surface area contributed by atoms with E-state index in [0.717, 1.165) is 30.1 Å². The molecule has 2 aliphatic heterocycles. The lowest BCUT2D eigenvalue weighted by molar-refractivity contribution is -0.126. The molecule has 2 atom stereocenters. The zero-order valence-electron chi connectivity index (χ0n) is 20.5. The highest BCUT2D eigenvalue weighted by Gasteiger charge is 2.32. The molecular formula is C27H37N3O3S. The summed E-state index contributed by atoms with van der Waals surface area (Å²) < 4.78 is 27.3. The maximum absolute atomic E-state index is 12.9. The molecule has 0 bridgehead atoms. The summed E-state index contributed by atoms with van der Waals surface area (Å²) in [5.41, 5.74) is 3.36. The summed E-state index contributed by atoms with van der Waals surface area (Å²) >= 11 is 0. The third-order valence-corrected chi connectivity index (χ3v) is 9.17. The smallest absolute Gasteiger partial charge is 0.243 e. The summed E-state index contributed by atoms with van der Waals surface area (Å²) in [5.74, 6) is 0.569. The van der Waals surface area contributed by atoms with Crippen molar-refractivity contribution in [2.45, 2.75) is 57.4 Å². The van der Waals surface area contributed by atoms with Crippen LogP contribution in [0.2, 0.25) is 0 Å². The van der Waals surface area contributed by atoms with E-state index in [1.165, 1.54) is 22.8 Å². The monoisotopic (exact) mass is 483 g/mol. The molecule has 0 unspecified atom stereocenters. The van der Waals surface area contributed by atoms with E-state index in [0.29, 0.717) is 30.8 Å². The number of carbonyl (C=O) groups is 1. The first-order valence-electron chi connectivity index (χ1n) is 12.5. The zero-order chi connectivity index (χ0) is 24.3.